The van der Waals surface area contributed by atoms with Gasteiger partial charge in [-0.1, -0.05) is 30.3 Å². The number of hydrogen-bond donors (Lipinski definition) is 2. The molecule has 0 bridgehead atoms. The maximum absolute atomic E-state index is 12.6. The van der Waals surface area contributed by atoms with E-state index in [1.165, 1.54) is 0 Å². The fourth-order valence-electron chi connectivity index (χ4n) is 5.87. The van der Waals surface area contributed by atoms with Crippen LogP contribution in [0.25, 0.3) is 0 Å². The number of alkyl carbamates (subject to hydrolysis) is 1. The normalized spacial score (nSPS) is 26.0. The van der Waals surface area contributed by atoms with Gasteiger partial charge in [0.25, 0.3) is 0 Å². The van der Waals surface area contributed by atoms with Crippen LogP contribution >= 0.6 is 0 Å². The number of carbonyl (C=O) groups excluding carboxylic acids is 8. The quantitative estimate of drug-likeness (QED) is 0.0998. The van der Waals surface area contributed by atoms with Gasteiger partial charge in [-0.15, -0.1) is 0 Å². The number of hydrogen-bond acceptors (Lipinski definition) is 21. The fourth-order valence-corrected chi connectivity index (χ4v) is 5.87. The second kappa shape index (κ2) is 24.5. The molecule has 23 nitrogen and oxygen atoms in total. The lowest BCUT2D eigenvalue weighted by atomic mass is 9.96. The van der Waals surface area contributed by atoms with Crippen molar-refractivity contribution in [2.24, 2.45) is 5.73 Å². The van der Waals surface area contributed by atoms with E-state index in [1.54, 1.807) is 24.3 Å². The van der Waals surface area contributed by atoms with Crippen LogP contribution in [-0.4, -0.2) is 149 Å². The summed E-state index contributed by atoms with van der Waals surface area (Å²) in [5, 5.41) is 2.54. The van der Waals surface area contributed by atoms with E-state index in [1.807, 2.05) is 6.07 Å². The third-order valence-corrected chi connectivity index (χ3v) is 8.07. The van der Waals surface area contributed by atoms with E-state index < -0.39 is 123 Å². The zero-order valence-electron chi connectivity index (χ0n) is 33.8. The highest BCUT2D eigenvalue weighted by molar-refractivity contribution is 5.69. The van der Waals surface area contributed by atoms with Gasteiger partial charge >= 0.3 is 48.0 Å². The number of esters is 6. The molecule has 1 unspecified atom stereocenters. The van der Waals surface area contributed by atoms with Crippen LogP contribution in [0.1, 0.15) is 47.1 Å². The van der Waals surface area contributed by atoms with Gasteiger partial charge in [0.15, 0.2) is 49.2 Å². The van der Waals surface area contributed by atoms with Crippen molar-refractivity contribution in [2.45, 2.75) is 110 Å². The van der Waals surface area contributed by atoms with Gasteiger partial charge in [0.2, 0.25) is 0 Å². The lowest BCUT2D eigenvalue weighted by molar-refractivity contribution is -0.367. The van der Waals surface area contributed by atoms with E-state index >= 15 is 0 Å². The molecule has 1 aromatic rings. The van der Waals surface area contributed by atoms with Crippen LogP contribution in [0.5, 0.6) is 0 Å². The molecule has 2 heterocycles. The van der Waals surface area contributed by atoms with Crippen molar-refractivity contribution >= 4 is 48.0 Å². The molecule has 2 saturated heterocycles. The molecule has 10 atom stereocenters. The van der Waals surface area contributed by atoms with Gasteiger partial charge in [0, 0.05) is 48.1 Å². The average molecular weight is 859 g/mol. The van der Waals surface area contributed by atoms with Crippen molar-refractivity contribution < 1.29 is 99.9 Å². The van der Waals surface area contributed by atoms with Crippen LogP contribution in [0.4, 0.5) is 9.59 Å². The second-order valence-corrected chi connectivity index (χ2v) is 13.0. The lowest BCUT2D eigenvalue weighted by Gasteiger charge is -2.48. The molecule has 3 rings (SSSR count). The largest absolute Gasteiger partial charge is 0.463 e. The first-order valence-corrected chi connectivity index (χ1v) is 18.5. The summed E-state index contributed by atoms with van der Waals surface area (Å²) in [5.41, 5.74) is 6.18. The first-order chi connectivity index (χ1) is 28.4. The number of nitrogens with two attached hydrogens (primary N) is 1. The summed E-state index contributed by atoms with van der Waals surface area (Å²) < 4.78 is 72.5. The number of carbonyl (C=O) groups is 8. The fraction of sp³-hybridized carbons (Fsp3) is 0.622. The van der Waals surface area contributed by atoms with Crippen LogP contribution in [-0.2, 0) is 97.0 Å². The molecule has 1 aromatic carbocycles. The topological polar surface area (TPSA) is 295 Å². The predicted molar refractivity (Wildman–Crippen MR) is 194 cm³/mol. The number of ether oxygens (including phenoxy) is 13. The van der Waals surface area contributed by atoms with Crippen molar-refractivity contribution in [3.8, 4) is 0 Å². The highest BCUT2D eigenvalue weighted by atomic mass is 16.8. The monoisotopic (exact) mass is 858 g/mol. The van der Waals surface area contributed by atoms with Gasteiger partial charge in [0.05, 0.1) is 19.8 Å². The van der Waals surface area contributed by atoms with Crippen molar-refractivity contribution in [1.29, 1.82) is 0 Å². The second-order valence-electron chi connectivity index (χ2n) is 13.0. The van der Waals surface area contributed by atoms with Crippen molar-refractivity contribution in [3.05, 3.63) is 35.9 Å². The van der Waals surface area contributed by atoms with Crippen molar-refractivity contribution in [1.82, 2.24) is 5.32 Å². The van der Waals surface area contributed by atoms with Gasteiger partial charge in [-0.2, -0.15) is 0 Å². The Kier molecular flexibility index (Phi) is 19.9. The molecule has 3 N–H and O–H groups in total. The summed E-state index contributed by atoms with van der Waals surface area (Å²) in [6.07, 6.45) is -18.6. The number of rotatable bonds is 20. The number of nitrogens with one attached hydrogen (secondary N) is 1. The van der Waals surface area contributed by atoms with E-state index in [2.05, 4.69) is 5.32 Å². The SMILES string of the molecule is CC(=O)OC[C@@H]1OC(OCCOCCNC(=O)OCc2ccccc2)[C@@H](O[C@H]2O[C@H](COC(C)=O)[C@@H](OC(C)=O)[C@H](OC(C)=O)[C@@H]2OC(N)=O)[C@@H](OC(C)=O)[C@@H]1OC(C)=O. The third kappa shape index (κ3) is 16.6. The van der Waals surface area contributed by atoms with E-state index in [9.17, 15) is 38.4 Å². The third-order valence-electron chi connectivity index (χ3n) is 8.07. The molecular weight excluding hydrogens is 808 g/mol. The van der Waals surface area contributed by atoms with Crippen LogP contribution in [0.2, 0.25) is 0 Å². The first-order valence-electron chi connectivity index (χ1n) is 18.5. The Bertz CT molecular complexity index is 1630. The predicted octanol–water partition coefficient (Wildman–Crippen LogP) is 0.0979. The standard InChI is InChI=1S/C37H50N2O21/c1-19(40)50-17-26-28(53-21(3)42)30(55-23(5)44)32(34(57-26)49-15-14-48-13-12-39-37(47)52-16-25-10-8-7-9-11-25)59-35-33(60-36(38)46)31(56-24(6)45)29(54-22(4)43)27(58-35)18-51-20(2)41/h7-11,26-35H,12-18H2,1-6H3,(H2,38,46)(H,39,47)/t26-,27+,28+,29+,30-,31-,32-,33-,34?,35+/m0/s1. The molecule has 2 amide bonds. The Hall–Kier alpha value is -5.62. The summed E-state index contributed by atoms with van der Waals surface area (Å²) in [7, 11) is 0. The summed E-state index contributed by atoms with van der Waals surface area (Å²) in [6, 6.07) is 9.03. The molecular formula is C37H50N2O21. The minimum Gasteiger partial charge on any atom is -0.463 e. The highest BCUT2D eigenvalue weighted by Gasteiger charge is 2.57. The molecule has 334 valence electrons. The molecule has 2 fully saturated rings. The van der Waals surface area contributed by atoms with E-state index in [4.69, 9.17) is 67.3 Å². The lowest BCUT2D eigenvalue weighted by Crippen LogP contribution is -2.67. The van der Waals surface area contributed by atoms with Crippen LogP contribution < -0.4 is 11.1 Å². The maximum Gasteiger partial charge on any atom is 0.407 e. The van der Waals surface area contributed by atoms with Gasteiger partial charge in [-0.3, -0.25) is 28.8 Å². The van der Waals surface area contributed by atoms with Gasteiger partial charge < -0.3 is 72.6 Å². The van der Waals surface area contributed by atoms with Crippen molar-refractivity contribution in [2.75, 3.05) is 39.6 Å². The summed E-state index contributed by atoms with van der Waals surface area (Å²) >= 11 is 0. The Labute approximate surface area is 343 Å². The molecule has 0 saturated carbocycles. The average Bonchev–Trinajstić information content (AvgIpc) is 3.15. The molecule has 23 heteroatoms. The van der Waals surface area contributed by atoms with E-state index in [0.717, 1.165) is 47.1 Å². The molecule has 0 radical (unpaired) electrons. The number of amides is 2. The van der Waals surface area contributed by atoms with Gasteiger partial charge in [0.1, 0.15) is 32.0 Å². The molecule has 0 aromatic heterocycles. The molecule has 2 aliphatic heterocycles. The number of primary amides is 1. The minimum absolute atomic E-state index is 0.00172. The Balaban J connectivity index is 1.93. The summed E-state index contributed by atoms with van der Waals surface area (Å²) in [5.74, 6) is -5.20. The first kappa shape index (κ1) is 48.7. The van der Waals surface area contributed by atoms with Crippen LogP contribution in [0, 0.1) is 0 Å². The van der Waals surface area contributed by atoms with Crippen molar-refractivity contribution in [3.63, 3.8) is 0 Å². The molecule has 60 heavy (non-hydrogen) atoms. The zero-order valence-corrected chi connectivity index (χ0v) is 33.8. The Morgan fingerprint density at radius 1 is 0.567 bits per heavy atom. The van der Waals surface area contributed by atoms with Crippen LogP contribution in [0.15, 0.2) is 30.3 Å². The molecule has 0 aliphatic carbocycles. The highest BCUT2D eigenvalue weighted by Crippen LogP contribution is 2.35. The van der Waals surface area contributed by atoms with Gasteiger partial charge in [-0.05, 0) is 5.56 Å². The van der Waals surface area contributed by atoms with E-state index in [-0.39, 0.29) is 33.0 Å². The maximum atomic E-state index is 12.6. The number of benzene rings is 1. The molecule has 0 spiro atoms. The van der Waals surface area contributed by atoms with Gasteiger partial charge in [-0.25, -0.2) is 9.59 Å². The minimum atomic E-state index is -1.92. The Morgan fingerprint density at radius 3 is 1.57 bits per heavy atom. The van der Waals surface area contributed by atoms with E-state index in [0.29, 0.717) is 0 Å². The summed E-state index contributed by atoms with van der Waals surface area (Å²) in [6.45, 7) is 4.80. The zero-order chi connectivity index (χ0) is 44.4. The smallest absolute Gasteiger partial charge is 0.407 e. The molecule has 2 aliphatic rings. The Morgan fingerprint density at radius 2 is 1.07 bits per heavy atom. The summed E-state index contributed by atoms with van der Waals surface area (Å²) in [4.78, 5) is 97.6. The van der Waals surface area contributed by atoms with Crippen LogP contribution in [0.3, 0.4) is 0 Å².